The number of halogens is 1. The monoisotopic (exact) mass is 236 g/mol. The van der Waals surface area contributed by atoms with Crippen molar-refractivity contribution in [2.24, 2.45) is 0 Å². The Morgan fingerprint density at radius 1 is 0.944 bits per heavy atom. The Morgan fingerprint density at radius 3 is 2.67 bits per heavy atom. The molecule has 18 heavy (non-hydrogen) atoms. The number of imidazole rings is 1. The van der Waals surface area contributed by atoms with Crippen molar-refractivity contribution in [2.45, 2.75) is 0 Å². The molecular weight excluding hydrogens is 227 g/mol. The molecule has 0 radical (unpaired) electrons. The summed E-state index contributed by atoms with van der Waals surface area (Å²) in [5.74, 6) is -0.216. The van der Waals surface area contributed by atoms with E-state index in [9.17, 15) is 4.39 Å². The molecule has 0 saturated heterocycles. The van der Waals surface area contributed by atoms with Gasteiger partial charge in [-0.25, -0.2) is 9.37 Å². The van der Waals surface area contributed by atoms with Gasteiger partial charge < -0.3 is 0 Å². The highest BCUT2D eigenvalue weighted by Gasteiger charge is 2.08. The topological polar surface area (TPSA) is 17.3 Å². The first kappa shape index (κ1) is 9.59. The highest BCUT2D eigenvalue weighted by molar-refractivity contribution is 6.11. The molecule has 0 bridgehead atoms. The SMILES string of the molecule is Fc1ccc2c(c1)c1ccccc1c1nccn21. The molecule has 0 atom stereocenters. The number of hydrogen-bond acceptors (Lipinski definition) is 1. The molecule has 2 aromatic carbocycles. The summed E-state index contributed by atoms with van der Waals surface area (Å²) < 4.78 is 15.5. The zero-order valence-corrected chi connectivity index (χ0v) is 9.47. The molecule has 2 heterocycles. The van der Waals surface area contributed by atoms with E-state index in [0.717, 1.165) is 27.3 Å². The number of aromatic nitrogens is 2. The molecule has 0 amide bonds. The molecule has 0 spiro atoms. The molecule has 0 N–H and O–H groups in total. The third kappa shape index (κ3) is 1.13. The van der Waals surface area contributed by atoms with Crippen LogP contribution in [-0.4, -0.2) is 9.38 Å². The largest absolute Gasteiger partial charge is 0.299 e. The Morgan fingerprint density at radius 2 is 1.78 bits per heavy atom. The van der Waals surface area contributed by atoms with Gasteiger partial charge in [-0.15, -0.1) is 0 Å². The summed E-state index contributed by atoms with van der Waals surface area (Å²) in [5.41, 5.74) is 1.88. The summed E-state index contributed by atoms with van der Waals surface area (Å²) in [4.78, 5) is 4.39. The Hall–Kier alpha value is -2.42. The van der Waals surface area contributed by atoms with Gasteiger partial charge in [-0.1, -0.05) is 24.3 Å². The maximum atomic E-state index is 13.5. The molecule has 0 saturated carbocycles. The predicted octanol–water partition coefficient (Wildman–Crippen LogP) is 3.78. The summed E-state index contributed by atoms with van der Waals surface area (Å²) in [6, 6.07) is 12.8. The van der Waals surface area contributed by atoms with Gasteiger partial charge in [-0.3, -0.25) is 4.40 Å². The van der Waals surface area contributed by atoms with Crippen LogP contribution in [0.3, 0.4) is 0 Å². The van der Waals surface area contributed by atoms with E-state index < -0.39 is 0 Å². The van der Waals surface area contributed by atoms with E-state index in [1.54, 1.807) is 18.3 Å². The zero-order chi connectivity index (χ0) is 12.1. The number of nitrogens with zero attached hydrogens (tertiary/aromatic N) is 2. The maximum Gasteiger partial charge on any atom is 0.145 e. The summed E-state index contributed by atoms with van der Waals surface area (Å²) in [6.45, 7) is 0. The van der Waals surface area contributed by atoms with Gasteiger partial charge in [-0.2, -0.15) is 0 Å². The van der Waals surface area contributed by atoms with Gasteiger partial charge in [0, 0.05) is 23.2 Å². The average molecular weight is 236 g/mol. The number of hydrogen-bond donors (Lipinski definition) is 0. The van der Waals surface area contributed by atoms with Crippen LogP contribution in [0.5, 0.6) is 0 Å². The molecule has 0 unspecified atom stereocenters. The van der Waals surface area contributed by atoms with Crippen LogP contribution >= 0.6 is 0 Å². The Kier molecular flexibility index (Phi) is 1.75. The highest BCUT2D eigenvalue weighted by Crippen LogP contribution is 2.28. The van der Waals surface area contributed by atoms with Crippen LogP contribution in [0.25, 0.3) is 27.3 Å². The van der Waals surface area contributed by atoms with Crippen molar-refractivity contribution in [1.82, 2.24) is 9.38 Å². The second-order valence-corrected chi connectivity index (χ2v) is 4.33. The fourth-order valence-electron chi connectivity index (χ4n) is 2.54. The van der Waals surface area contributed by atoms with Gasteiger partial charge in [0.1, 0.15) is 11.5 Å². The first-order valence-electron chi connectivity index (χ1n) is 5.77. The molecule has 2 aromatic heterocycles. The average Bonchev–Trinajstić information content (AvgIpc) is 2.88. The molecular formula is C15H9FN2. The Labute approximate surface area is 102 Å². The number of pyridine rings is 1. The number of rotatable bonds is 0. The van der Waals surface area contributed by atoms with Crippen LogP contribution in [-0.2, 0) is 0 Å². The van der Waals surface area contributed by atoms with Crippen molar-refractivity contribution >= 4 is 27.3 Å². The lowest BCUT2D eigenvalue weighted by atomic mass is 10.1. The van der Waals surface area contributed by atoms with Crippen LogP contribution in [0.1, 0.15) is 0 Å². The van der Waals surface area contributed by atoms with Crippen LogP contribution in [0.4, 0.5) is 4.39 Å². The fourth-order valence-corrected chi connectivity index (χ4v) is 2.54. The quantitative estimate of drug-likeness (QED) is 0.425. The van der Waals surface area contributed by atoms with E-state index in [0.29, 0.717) is 0 Å². The summed E-state index contributed by atoms with van der Waals surface area (Å²) in [7, 11) is 0. The van der Waals surface area contributed by atoms with Crippen molar-refractivity contribution in [1.29, 1.82) is 0 Å². The standard InChI is InChI=1S/C15H9FN2/c16-10-5-6-14-13(9-10)11-3-1-2-4-12(11)15-17-7-8-18(14)15/h1-9H. The second kappa shape index (κ2) is 3.29. The number of fused-ring (bicyclic) bond motifs is 6. The van der Waals surface area contributed by atoms with E-state index in [1.807, 2.05) is 34.9 Å². The van der Waals surface area contributed by atoms with Gasteiger partial charge in [0.15, 0.2) is 0 Å². The van der Waals surface area contributed by atoms with Gasteiger partial charge in [-0.05, 0) is 23.6 Å². The van der Waals surface area contributed by atoms with E-state index in [1.165, 1.54) is 6.07 Å². The Balaban J connectivity index is 2.44. The van der Waals surface area contributed by atoms with Crippen molar-refractivity contribution in [3.8, 4) is 0 Å². The molecule has 0 fully saturated rings. The molecule has 4 rings (SSSR count). The Bertz CT molecular complexity index is 893. The molecule has 0 aliphatic heterocycles. The van der Waals surface area contributed by atoms with E-state index in [2.05, 4.69) is 4.98 Å². The van der Waals surface area contributed by atoms with Gasteiger partial charge in [0.05, 0.1) is 5.52 Å². The minimum absolute atomic E-state index is 0.216. The molecule has 4 aromatic rings. The lowest BCUT2D eigenvalue weighted by Crippen LogP contribution is -1.90. The second-order valence-electron chi connectivity index (χ2n) is 4.33. The fraction of sp³-hybridized carbons (Fsp3) is 0. The van der Waals surface area contributed by atoms with Gasteiger partial charge in [0.25, 0.3) is 0 Å². The molecule has 2 nitrogen and oxygen atoms in total. The number of benzene rings is 2. The van der Waals surface area contributed by atoms with Crippen LogP contribution in [0, 0.1) is 5.82 Å². The molecule has 86 valence electrons. The third-order valence-corrected chi connectivity index (χ3v) is 3.32. The van der Waals surface area contributed by atoms with E-state index >= 15 is 0 Å². The first-order valence-corrected chi connectivity index (χ1v) is 5.77. The summed E-state index contributed by atoms with van der Waals surface area (Å²) in [5, 5.41) is 2.99. The molecule has 0 aliphatic rings. The molecule has 0 aliphatic carbocycles. The van der Waals surface area contributed by atoms with Crippen molar-refractivity contribution in [2.75, 3.05) is 0 Å². The van der Waals surface area contributed by atoms with Crippen LogP contribution in [0.2, 0.25) is 0 Å². The summed E-state index contributed by atoms with van der Waals surface area (Å²) in [6.07, 6.45) is 3.67. The lowest BCUT2D eigenvalue weighted by molar-refractivity contribution is 0.629. The zero-order valence-electron chi connectivity index (χ0n) is 9.47. The first-order chi connectivity index (χ1) is 8.84. The van der Waals surface area contributed by atoms with Crippen molar-refractivity contribution in [3.05, 3.63) is 60.7 Å². The minimum Gasteiger partial charge on any atom is -0.299 e. The highest BCUT2D eigenvalue weighted by atomic mass is 19.1. The van der Waals surface area contributed by atoms with Crippen molar-refractivity contribution < 1.29 is 4.39 Å². The molecule has 3 heteroatoms. The van der Waals surface area contributed by atoms with Gasteiger partial charge >= 0.3 is 0 Å². The lowest BCUT2D eigenvalue weighted by Gasteiger charge is -2.07. The third-order valence-electron chi connectivity index (χ3n) is 3.32. The minimum atomic E-state index is -0.216. The van der Waals surface area contributed by atoms with Gasteiger partial charge in [0.2, 0.25) is 0 Å². The predicted molar refractivity (Wildman–Crippen MR) is 70.2 cm³/mol. The van der Waals surface area contributed by atoms with E-state index in [4.69, 9.17) is 0 Å². The van der Waals surface area contributed by atoms with Crippen molar-refractivity contribution in [3.63, 3.8) is 0 Å². The van der Waals surface area contributed by atoms with Crippen LogP contribution < -0.4 is 0 Å². The maximum absolute atomic E-state index is 13.5. The smallest absolute Gasteiger partial charge is 0.145 e. The van der Waals surface area contributed by atoms with Crippen LogP contribution in [0.15, 0.2) is 54.9 Å². The normalized spacial score (nSPS) is 11.6. The van der Waals surface area contributed by atoms with E-state index in [-0.39, 0.29) is 5.82 Å². The summed E-state index contributed by atoms with van der Waals surface area (Å²) >= 11 is 0.